The highest BCUT2D eigenvalue weighted by atomic mass is 16.5. The van der Waals surface area contributed by atoms with Crippen LogP contribution in [0.4, 0.5) is 6.01 Å². The molecule has 3 rings (SSSR count). The topological polar surface area (TPSA) is 86.5 Å². The van der Waals surface area contributed by atoms with Crippen LogP contribution in [0.25, 0.3) is 11.5 Å². The normalized spacial score (nSPS) is 10.4. The molecule has 7 heteroatoms. The molecule has 1 amide bonds. The number of aromatic nitrogens is 2. The minimum Gasteiger partial charge on any atom is -0.497 e. The first-order valence-electron chi connectivity index (χ1n) is 8.00. The second-order valence-corrected chi connectivity index (χ2v) is 5.69. The van der Waals surface area contributed by atoms with Gasteiger partial charge in [-0.15, -0.1) is 5.10 Å². The molecule has 26 heavy (non-hydrogen) atoms. The molecule has 0 spiro atoms. The van der Waals surface area contributed by atoms with E-state index in [9.17, 15) is 4.79 Å². The Morgan fingerprint density at radius 2 is 1.85 bits per heavy atom. The Morgan fingerprint density at radius 1 is 1.08 bits per heavy atom. The molecular weight excluding hydrogens is 334 g/mol. The summed E-state index contributed by atoms with van der Waals surface area (Å²) in [6.45, 7) is 2.00. The second-order valence-electron chi connectivity index (χ2n) is 5.69. The van der Waals surface area contributed by atoms with Crippen molar-refractivity contribution in [1.29, 1.82) is 0 Å². The van der Waals surface area contributed by atoms with Crippen molar-refractivity contribution in [2.75, 3.05) is 19.5 Å². The van der Waals surface area contributed by atoms with E-state index in [1.807, 2.05) is 31.2 Å². The molecule has 0 saturated carbocycles. The molecule has 0 unspecified atom stereocenters. The van der Waals surface area contributed by atoms with Gasteiger partial charge in [-0.1, -0.05) is 34.9 Å². The van der Waals surface area contributed by atoms with Gasteiger partial charge < -0.3 is 13.9 Å². The lowest BCUT2D eigenvalue weighted by Gasteiger charge is -2.07. The maximum atomic E-state index is 12.2. The van der Waals surface area contributed by atoms with Gasteiger partial charge in [-0.25, -0.2) is 0 Å². The number of hydrogen-bond acceptors (Lipinski definition) is 6. The Bertz CT molecular complexity index is 903. The zero-order chi connectivity index (χ0) is 18.5. The largest absolute Gasteiger partial charge is 0.497 e. The summed E-state index contributed by atoms with van der Waals surface area (Å²) in [5, 5.41) is 10.5. The number of aryl methyl sites for hydroxylation is 1. The molecule has 0 atom stereocenters. The fraction of sp³-hybridized carbons (Fsp3) is 0.211. The first-order chi connectivity index (χ1) is 12.6. The average molecular weight is 353 g/mol. The number of methoxy groups -OCH3 is 2. The number of nitrogens with zero attached hydrogens (tertiary/aromatic N) is 2. The SMILES string of the molecule is COc1ccc(OC)c(-c2nnc(NC(=O)Cc3ccc(C)cc3)o2)c1. The molecule has 3 aromatic rings. The highest BCUT2D eigenvalue weighted by Crippen LogP contribution is 2.33. The molecule has 2 aromatic carbocycles. The molecule has 0 saturated heterocycles. The van der Waals surface area contributed by atoms with Crippen molar-refractivity contribution in [3.05, 3.63) is 53.6 Å². The van der Waals surface area contributed by atoms with E-state index in [1.54, 1.807) is 32.4 Å². The van der Waals surface area contributed by atoms with Gasteiger partial charge in [-0.05, 0) is 30.7 Å². The first kappa shape index (κ1) is 17.5. The van der Waals surface area contributed by atoms with Gasteiger partial charge in [0.2, 0.25) is 5.91 Å². The minimum atomic E-state index is -0.235. The van der Waals surface area contributed by atoms with Crippen LogP contribution in [0.3, 0.4) is 0 Å². The third kappa shape index (κ3) is 4.00. The summed E-state index contributed by atoms with van der Waals surface area (Å²) in [6, 6.07) is 13.0. The fourth-order valence-electron chi connectivity index (χ4n) is 2.42. The number of carbonyl (C=O) groups is 1. The lowest BCUT2D eigenvalue weighted by atomic mass is 10.1. The monoisotopic (exact) mass is 353 g/mol. The van der Waals surface area contributed by atoms with Crippen LogP contribution in [0.2, 0.25) is 0 Å². The quantitative estimate of drug-likeness (QED) is 0.732. The van der Waals surface area contributed by atoms with Gasteiger partial charge >= 0.3 is 6.01 Å². The van der Waals surface area contributed by atoms with Crippen LogP contribution < -0.4 is 14.8 Å². The predicted octanol–water partition coefficient (Wildman–Crippen LogP) is 3.24. The Hall–Kier alpha value is -3.35. The fourth-order valence-corrected chi connectivity index (χ4v) is 2.42. The lowest BCUT2D eigenvalue weighted by Crippen LogP contribution is -2.14. The second kappa shape index (κ2) is 7.69. The molecule has 0 aliphatic rings. The van der Waals surface area contributed by atoms with Crippen LogP contribution in [0.1, 0.15) is 11.1 Å². The lowest BCUT2D eigenvalue weighted by molar-refractivity contribution is -0.115. The van der Waals surface area contributed by atoms with Crippen molar-refractivity contribution in [1.82, 2.24) is 10.2 Å². The van der Waals surface area contributed by atoms with Crippen LogP contribution in [0.15, 0.2) is 46.9 Å². The molecule has 1 aromatic heterocycles. The van der Waals surface area contributed by atoms with Crippen LogP contribution in [-0.2, 0) is 11.2 Å². The highest BCUT2D eigenvalue weighted by Gasteiger charge is 2.16. The number of benzene rings is 2. The van der Waals surface area contributed by atoms with Crippen molar-refractivity contribution < 1.29 is 18.7 Å². The molecular formula is C19H19N3O4. The summed E-state index contributed by atoms with van der Waals surface area (Å²) in [7, 11) is 3.11. The van der Waals surface area contributed by atoms with E-state index in [1.165, 1.54) is 0 Å². The van der Waals surface area contributed by atoms with Crippen molar-refractivity contribution in [2.24, 2.45) is 0 Å². The summed E-state index contributed by atoms with van der Waals surface area (Å²) in [5.74, 6) is 1.18. The predicted molar refractivity (Wildman–Crippen MR) is 96.4 cm³/mol. The van der Waals surface area contributed by atoms with Gasteiger partial charge in [0.15, 0.2) is 0 Å². The number of nitrogens with one attached hydrogen (secondary N) is 1. The molecule has 0 aliphatic heterocycles. The number of rotatable bonds is 6. The standard InChI is InChI=1S/C19H19N3O4/c1-12-4-6-13(7-5-12)10-17(23)20-19-22-21-18(26-19)15-11-14(24-2)8-9-16(15)25-3/h4-9,11H,10H2,1-3H3,(H,20,22,23). The Balaban J connectivity index is 1.73. The van der Waals surface area contributed by atoms with Gasteiger partial charge in [0.1, 0.15) is 11.5 Å². The van der Waals surface area contributed by atoms with E-state index in [0.29, 0.717) is 17.1 Å². The van der Waals surface area contributed by atoms with E-state index >= 15 is 0 Å². The maximum Gasteiger partial charge on any atom is 0.322 e. The summed E-state index contributed by atoms with van der Waals surface area (Å²) >= 11 is 0. The summed E-state index contributed by atoms with van der Waals surface area (Å²) in [4.78, 5) is 12.2. The summed E-state index contributed by atoms with van der Waals surface area (Å²) < 4.78 is 16.1. The Labute approximate surface area is 151 Å². The smallest absolute Gasteiger partial charge is 0.322 e. The number of carbonyl (C=O) groups excluding carboxylic acids is 1. The molecule has 0 bridgehead atoms. The van der Waals surface area contributed by atoms with Crippen LogP contribution >= 0.6 is 0 Å². The van der Waals surface area contributed by atoms with E-state index in [4.69, 9.17) is 13.9 Å². The van der Waals surface area contributed by atoms with Gasteiger partial charge in [-0.2, -0.15) is 0 Å². The minimum absolute atomic E-state index is 0.0296. The van der Waals surface area contributed by atoms with E-state index < -0.39 is 0 Å². The summed E-state index contributed by atoms with van der Waals surface area (Å²) in [5.41, 5.74) is 2.63. The zero-order valence-electron chi connectivity index (χ0n) is 14.8. The van der Waals surface area contributed by atoms with Crippen molar-refractivity contribution in [3.8, 4) is 23.0 Å². The summed E-state index contributed by atoms with van der Waals surface area (Å²) in [6.07, 6.45) is 0.223. The number of hydrogen-bond donors (Lipinski definition) is 1. The zero-order valence-corrected chi connectivity index (χ0v) is 14.8. The van der Waals surface area contributed by atoms with Gasteiger partial charge in [-0.3, -0.25) is 10.1 Å². The number of ether oxygens (including phenoxy) is 2. The third-order valence-corrected chi connectivity index (χ3v) is 3.79. The van der Waals surface area contributed by atoms with E-state index in [-0.39, 0.29) is 24.2 Å². The maximum absolute atomic E-state index is 12.2. The average Bonchev–Trinajstić information content (AvgIpc) is 3.11. The van der Waals surface area contributed by atoms with Crippen LogP contribution in [0, 0.1) is 6.92 Å². The first-order valence-corrected chi connectivity index (χ1v) is 8.00. The van der Waals surface area contributed by atoms with Gasteiger partial charge in [0.25, 0.3) is 5.89 Å². The van der Waals surface area contributed by atoms with Crippen molar-refractivity contribution >= 4 is 11.9 Å². The number of anilines is 1. The molecule has 0 aliphatic carbocycles. The number of amides is 1. The molecule has 134 valence electrons. The van der Waals surface area contributed by atoms with Gasteiger partial charge in [0.05, 0.1) is 26.2 Å². The van der Waals surface area contributed by atoms with Gasteiger partial charge in [0, 0.05) is 0 Å². The Morgan fingerprint density at radius 3 is 2.54 bits per heavy atom. The highest BCUT2D eigenvalue weighted by molar-refractivity contribution is 5.90. The van der Waals surface area contributed by atoms with Crippen molar-refractivity contribution in [3.63, 3.8) is 0 Å². The van der Waals surface area contributed by atoms with E-state index in [2.05, 4.69) is 15.5 Å². The molecule has 7 nitrogen and oxygen atoms in total. The van der Waals surface area contributed by atoms with Crippen LogP contribution in [0.5, 0.6) is 11.5 Å². The molecule has 0 radical (unpaired) electrons. The molecule has 1 heterocycles. The van der Waals surface area contributed by atoms with Crippen molar-refractivity contribution in [2.45, 2.75) is 13.3 Å². The Kier molecular flexibility index (Phi) is 5.17. The van der Waals surface area contributed by atoms with Crippen LogP contribution in [-0.4, -0.2) is 30.3 Å². The third-order valence-electron chi connectivity index (χ3n) is 3.79. The molecule has 0 fully saturated rings. The van der Waals surface area contributed by atoms with E-state index in [0.717, 1.165) is 11.1 Å². The molecule has 1 N–H and O–H groups in total.